The summed E-state index contributed by atoms with van der Waals surface area (Å²) in [5, 5.41) is 7.45. The van der Waals surface area contributed by atoms with E-state index in [1.807, 2.05) is 6.92 Å². The molecule has 0 aliphatic heterocycles. The third-order valence-corrected chi connectivity index (χ3v) is 3.86. The fourth-order valence-corrected chi connectivity index (χ4v) is 2.48. The fourth-order valence-electron chi connectivity index (χ4n) is 1.64. The van der Waals surface area contributed by atoms with Crippen molar-refractivity contribution in [2.75, 3.05) is 0 Å². The number of nitrogens with zero attached hydrogens (tertiary/aromatic N) is 2. The van der Waals surface area contributed by atoms with Gasteiger partial charge in [-0.25, -0.2) is 0 Å². The number of hydrogen-bond donors (Lipinski definition) is 1. The predicted octanol–water partition coefficient (Wildman–Crippen LogP) is 3.59. The number of hydrogen-bond acceptors (Lipinski definition) is 5. The molecule has 0 radical (unpaired) electrons. The minimum atomic E-state index is -0.0770. The lowest BCUT2D eigenvalue weighted by atomic mass is 9.96. The van der Waals surface area contributed by atoms with Crippen molar-refractivity contribution in [3.05, 3.63) is 33.6 Å². The van der Waals surface area contributed by atoms with Crippen LogP contribution in [0.3, 0.4) is 0 Å². The zero-order valence-corrected chi connectivity index (χ0v) is 13.0. The van der Waals surface area contributed by atoms with Gasteiger partial charge in [0.05, 0.1) is 6.04 Å². The first-order valence-corrected chi connectivity index (χ1v) is 7.30. The van der Waals surface area contributed by atoms with Crippen LogP contribution in [0.15, 0.2) is 16.7 Å². The second-order valence-electron chi connectivity index (χ2n) is 5.82. The molecule has 0 bridgehead atoms. The Balaban J connectivity index is 1.96. The molecule has 0 spiro atoms. The highest BCUT2D eigenvalue weighted by Crippen LogP contribution is 2.21. The Morgan fingerprint density at radius 3 is 2.63 bits per heavy atom. The SMILES string of the molecule is Cc1ccc(CNC(C)c2nc(C(C)(C)C)no2)s1. The minimum Gasteiger partial charge on any atom is -0.338 e. The van der Waals surface area contributed by atoms with E-state index in [1.54, 1.807) is 11.3 Å². The molecule has 5 heteroatoms. The van der Waals surface area contributed by atoms with Crippen LogP contribution >= 0.6 is 11.3 Å². The van der Waals surface area contributed by atoms with E-state index in [0.29, 0.717) is 5.89 Å². The third kappa shape index (κ3) is 3.64. The van der Waals surface area contributed by atoms with Crippen LogP contribution in [0, 0.1) is 6.92 Å². The fraction of sp³-hybridized carbons (Fsp3) is 0.571. The van der Waals surface area contributed by atoms with Crippen molar-refractivity contribution in [1.29, 1.82) is 0 Å². The number of rotatable bonds is 4. The van der Waals surface area contributed by atoms with Crippen molar-refractivity contribution in [1.82, 2.24) is 15.5 Å². The number of thiophene rings is 1. The van der Waals surface area contributed by atoms with E-state index in [4.69, 9.17) is 4.52 Å². The molecule has 0 amide bonds. The van der Waals surface area contributed by atoms with Crippen LogP contribution in [-0.4, -0.2) is 10.1 Å². The molecular formula is C14H21N3OS. The molecule has 1 atom stereocenters. The van der Waals surface area contributed by atoms with Crippen LogP contribution in [0.25, 0.3) is 0 Å². The quantitative estimate of drug-likeness (QED) is 0.929. The Labute approximate surface area is 118 Å². The van der Waals surface area contributed by atoms with Gasteiger partial charge in [-0.1, -0.05) is 25.9 Å². The van der Waals surface area contributed by atoms with Gasteiger partial charge in [0.25, 0.3) is 0 Å². The largest absolute Gasteiger partial charge is 0.338 e. The Morgan fingerprint density at radius 2 is 2.11 bits per heavy atom. The van der Waals surface area contributed by atoms with Gasteiger partial charge in [0.1, 0.15) is 0 Å². The summed E-state index contributed by atoms with van der Waals surface area (Å²) in [6, 6.07) is 4.34. The van der Waals surface area contributed by atoms with Crippen LogP contribution in [-0.2, 0) is 12.0 Å². The van der Waals surface area contributed by atoms with Crippen LogP contribution in [0.4, 0.5) is 0 Å². The van der Waals surface area contributed by atoms with E-state index in [9.17, 15) is 0 Å². The summed E-state index contributed by atoms with van der Waals surface area (Å²) < 4.78 is 5.33. The molecule has 0 aliphatic carbocycles. The Hall–Kier alpha value is -1.20. The molecule has 0 saturated heterocycles. The standard InChI is InChI=1S/C14H21N3OS/c1-9-6-7-11(19-9)8-15-10(2)12-16-13(17-18-12)14(3,4)5/h6-7,10,15H,8H2,1-5H3. The molecule has 1 N–H and O–H groups in total. The lowest BCUT2D eigenvalue weighted by molar-refractivity contribution is 0.331. The monoisotopic (exact) mass is 279 g/mol. The van der Waals surface area contributed by atoms with Crippen molar-refractivity contribution in [2.24, 2.45) is 0 Å². The minimum absolute atomic E-state index is 0.0611. The maximum atomic E-state index is 5.33. The average molecular weight is 279 g/mol. The highest BCUT2D eigenvalue weighted by atomic mass is 32.1. The molecule has 0 fully saturated rings. The van der Waals surface area contributed by atoms with E-state index < -0.39 is 0 Å². The summed E-state index contributed by atoms with van der Waals surface area (Å²) in [5.74, 6) is 1.40. The summed E-state index contributed by atoms with van der Waals surface area (Å²) in [6.07, 6.45) is 0. The maximum absolute atomic E-state index is 5.33. The zero-order valence-electron chi connectivity index (χ0n) is 12.2. The summed E-state index contributed by atoms with van der Waals surface area (Å²) >= 11 is 1.81. The van der Waals surface area contributed by atoms with Gasteiger partial charge in [0, 0.05) is 21.7 Å². The molecule has 4 nitrogen and oxygen atoms in total. The molecule has 2 heterocycles. The molecule has 2 aromatic heterocycles. The van der Waals surface area contributed by atoms with Gasteiger partial charge in [0.2, 0.25) is 5.89 Å². The highest BCUT2D eigenvalue weighted by Gasteiger charge is 2.22. The topological polar surface area (TPSA) is 51.0 Å². The molecule has 0 aromatic carbocycles. The van der Waals surface area contributed by atoms with Crippen molar-refractivity contribution < 1.29 is 4.52 Å². The van der Waals surface area contributed by atoms with Crippen molar-refractivity contribution in [2.45, 2.75) is 52.6 Å². The smallest absolute Gasteiger partial charge is 0.243 e. The van der Waals surface area contributed by atoms with Crippen molar-refractivity contribution in [3.8, 4) is 0 Å². The molecule has 0 aliphatic rings. The Bertz CT molecular complexity index is 539. The van der Waals surface area contributed by atoms with E-state index >= 15 is 0 Å². The van der Waals surface area contributed by atoms with Crippen molar-refractivity contribution >= 4 is 11.3 Å². The van der Waals surface area contributed by atoms with Crippen molar-refractivity contribution in [3.63, 3.8) is 0 Å². The lowest BCUT2D eigenvalue weighted by Crippen LogP contribution is -2.18. The molecular weight excluding hydrogens is 258 g/mol. The molecule has 19 heavy (non-hydrogen) atoms. The first-order chi connectivity index (χ1) is 8.86. The Morgan fingerprint density at radius 1 is 1.37 bits per heavy atom. The summed E-state index contributed by atoms with van der Waals surface area (Å²) in [7, 11) is 0. The van der Waals surface area contributed by atoms with Gasteiger partial charge in [0.15, 0.2) is 5.82 Å². The zero-order chi connectivity index (χ0) is 14.0. The van der Waals surface area contributed by atoms with E-state index in [0.717, 1.165) is 12.4 Å². The van der Waals surface area contributed by atoms with Gasteiger partial charge >= 0.3 is 0 Å². The summed E-state index contributed by atoms with van der Waals surface area (Å²) in [5.41, 5.74) is -0.0770. The van der Waals surface area contributed by atoms with E-state index in [-0.39, 0.29) is 11.5 Å². The third-order valence-electron chi connectivity index (χ3n) is 2.86. The number of aromatic nitrogens is 2. The maximum Gasteiger partial charge on any atom is 0.243 e. The molecule has 2 rings (SSSR count). The Kier molecular flexibility index (Phi) is 4.06. The summed E-state index contributed by atoms with van der Waals surface area (Å²) in [4.78, 5) is 7.11. The average Bonchev–Trinajstić information content (AvgIpc) is 2.93. The van der Waals surface area contributed by atoms with E-state index in [2.05, 4.69) is 55.3 Å². The van der Waals surface area contributed by atoms with Gasteiger partial charge in [-0.15, -0.1) is 11.3 Å². The number of aryl methyl sites for hydroxylation is 1. The second kappa shape index (κ2) is 5.43. The first kappa shape index (κ1) is 14.2. The second-order valence-corrected chi connectivity index (χ2v) is 7.19. The predicted molar refractivity (Wildman–Crippen MR) is 77.3 cm³/mol. The van der Waals surface area contributed by atoms with Crippen LogP contribution < -0.4 is 5.32 Å². The molecule has 104 valence electrons. The van der Waals surface area contributed by atoms with Crippen LogP contribution in [0.1, 0.15) is 55.2 Å². The van der Waals surface area contributed by atoms with Gasteiger partial charge in [-0.2, -0.15) is 4.98 Å². The summed E-state index contributed by atoms with van der Waals surface area (Å²) in [6.45, 7) is 11.2. The first-order valence-electron chi connectivity index (χ1n) is 6.49. The normalized spacial score (nSPS) is 13.7. The highest BCUT2D eigenvalue weighted by molar-refractivity contribution is 7.11. The lowest BCUT2D eigenvalue weighted by Gasteiger charge is -2.11. The van der Waals surface area contributed by atoms with Gasteiger partial charge in [-0.05, 0) is 26.0 Å². The molecule has 1 unspecified atom stereocenters. The van der Waals surface area contributed by atoms with Crippen LogP contribution in [0.2, 0.25) is 0 Å². The van der Waals surface area contributed by atoms with Gasteiger partial charge < -0.3 is 9.84 Å². The number of nitrogens with one attached hydrogen (secondary N) is 1. The molecule has 2 aromatic rings. The van der Waals surface area contributed by atoms with E-state index in [1.165, 1.54) is 9.75 Å². The molecule has 0 saturated carbocycles. The van der Waals surface area contributed by atoms with Gasteiger partial charge in [-0.3, -0.25) is 0 Å². The van der Waals surface area contributed by atoms with Crippen LogP contribution in [0.5, 0.6) is 0 Å².